The minimum atomic E-state index is -0.106. The molecule has 1 aromatic carbocycles. The summed E-state index contributed by atoms with van der Waals surface area (Å²) in [6, 6.07) is 4.13. The Morgan fingerprint density at radius 1 is 1.54 bits per heavy atom. The standard InChI is InChI=1S/C18H20N4O2SSi/c1-2-7-21-8-6-18(26)14(10-21)22(16(23)20-18)17-19-15-11-5-9-24-12(11)3-4-13(15)25-17/h1,3-4,14H,5-10H2,26H3,(H,20,23)/t14-,18-/m1/s1. The van der Waals surface area contributed by atoms with Gasteiger partial charge in [0.15, 0.2) is 5.13 Å². The molecule has 4 heterocycles. The molecule has 3 aliphatic rings. The number of piperidine rings is 1. The third-order valence-electron chi connectivity index (χ3n) is 5.78. The molecule has 6 nitrogen and oxygen atoms in total. The van der Waals surface area contributed by atoms with Gasteiger partial charge in [-0.2, -0.15) is 0 Å². The van der Waals surface area contributed by atoms with Crippen molar-refractivity contribution in [1.82, 2.24) is 15.2 Å². The van der Waals surface area contributed by atoms with E-state index in [4.69, 9.17) is 16.1 Å². The summed E-state index contributed by atoms with van der Waals surface area (Å²) in [6.45, 7) is 3.06. The lowest BCUT2D eigenvalue weighted by atomic mass is 9.99. The van der Waals surface area contributed by atoms with Crippen LogP contribution in [0.15, 0.2) is 12.1 Å². The van der Waals surface area contributed by atoms with Crippen LogP contribution < -0.4 is 15.0 Å². The summed E-state index contributed by atoms with van der Waals surface area (Å²) in [4.78, 5) is 21.8. The topological polar surface area (TPSA) is 57.7 Å². The van der Waals surface area contributed by atoms with E-state index in [2.05, 4.69) is 16.1 Å². The van der Waals surface area contributed by atoms with E-state index in [0.717, 1.165) is 57.3 Å². The van der Waals surface area contributed by atoms with Crippen molar-refractivity contribution < 1.29 is 9.53 Å². The predicted molar refractivity (Wildman–Crippen MR) is 106 cm³/mol. The van der Waals surface area contributed by atoms with E-state index in [-0.39, 0.29) is 17.2 Å². The molecule has 2 fully saturated rings. The Bertz CT molecular complexity index is 955. The Morgan fingerprint density at radius 3 is 3.27 bits per heavy atom. The lowest BCUT2D eigenvalue weighted by Crippen LogP contribution is -2.61. The largest absolute Gasteiger partial charge is 0.493 e. The molecule has 8 heteroatoms. The number of aromatic nitrogens is 1. The molecule has 1 N–H and O–H groups in total. The van der Waals surface area contributed by atoms with Gasteiger partial charge in [0.25, 0.3) is 0 Å². The van der Waals surface area contributed by atoms with Crippen molar-refractivity contribution >= 4 is 43.0 Å². The van der Waals surface area contributed by atoms with Gasteiger partial charge in [0.05, 0.1) is 29.4 Å². The first kappa shape index (κ1) is 16.1. The average Bonchev–Trinajstić information content (AvgIpc) is 3.28. The number of carbonyl (C=O) groups is 1. The second-order valence-electron chi connectivity index (χ2n) is 7.41. The van der Waals surface area contributed by atoms with Gasteiger partial charge >= 0.3 is 6.03 Å². The number of carbonyl (C=O) groups excluding carboxylic acids is 1. The van der Waals surface area contributed by atoms with E-state index in [1.165, 1.54) is 5.56 Å². The second-order valence-corrected chi connectivity index (χ2v) is 10.2. The second kappa shape index (κ2) is 5.71. The number of amides is 2. The van der Waals surface area contributed by atoms with Crippen molar-refractivity contribution in [3.8, 4) is 18.1 Å². The van der Waals surface area contributed by atoms with Gasteiger partial charge in [-0.3, -0.25) is 9.80 Å². The molecule has 26 heavy (non-hydrogen) atoms. The summed E-state index contributed by atoms with van der Waals surface area (Å²) in [5, 5.41) is 3.93. The molecule has 2 aromatic rings. The smallest absolute Gasteiger partial charge is 0.324 e. The number of fused-ring (bicyclic) bond motifs is 4. The van der Waals surface area contributed by atoms with Crippen LogP contribution in [0.3, 0.4) is 0 Å². The number of hydrogen-bond acceptors (Lipinski definition) is 5. The van der Waals surface area contributed by atoms with Crippen LogP contribution in [0.1, 0.15) is 12.0 Å². The summed E-state index contributed by atoms with van der Waals surface area (Å²) >= 11 is 1.59. The summed E-state index contributed by atoms with van der Waals surface area (Å²) in [6.07, 6.45) is 7.33. The van der Waals surface area contributed by atoms with Crippen molar-refractivity contribution in [2.24, 2.45) is 0 Å². The Hall–Kier alpha value is -2.08. The van der Waals surface area contributed by atoms with Crippen LogP contribution in [0.4, 0.5) is 9.93 Å². The lowest BCUT2D eigenvalue weighted by Gasteiger charge is -2.42. The van der Waals surface area contributed by atoms with E-state index in [0.29, 0.717) is 13.2 Å². The summed E-state index contributed by atoms with van der Waals surface area (Å²) < 4.78 is 6.77. The van der Waals surface area contributed by atoms with Crippen LogP contribution in [0.5, 0.6) is 5.75 Å². The third kappa shape index (κ3) is 2.28. The van der Waals surface area contributed by atoms with Gasteiger partial charge in [-0.15, -0.1) is 6.42 Å². The molecule has 0 spiro atoms. The zero-order chi connectivity index (χ0) is 17.9. The summed E-state index contributed by atoms with van der Waals surface area (Å²) in [7, 11) is 0.903. The number of ether oxygens (including phenoxy) is 1. The Labute approximate surface area is 158 Å². The van der Waals surface area contributed by atoms with Crippen molar-refractivity contribution in [1.29, 1.82) is 0 Å². The van der Waals surface area contributed by atoms with Crippen LogP contribution >= 0.6 is 11.3 Å². The highest BCUT2D eigenvalue weighted by atomic mass is 32.1. The molecule has 0 bridgehead atoms. The molecular weight excluding hydrogens is 364 g/mol. The molecule has 0 saturated carbocycles. The first-order valence-corrected chi connectivity index (χ1v) is 10.7. The maximum atomic E-state index is 12.8. The first-order valence-electron chi connectivity index (χ1n) is 8.91. The molecule has 2 amide bonds. The van der Waals surface area contributed by atoms with E-state index in [1.54, 1.807) is 11.3 Å². The highest BCUT2D eigenvalue weighted by molar-refractivity contribution is 7.22. The Morgan fingerprint density at radius 2 is 2.42 bits per heavy atom. The van der Waals surface area contributed by atoms with E-state index in [1.807, 2.05) is 17.0 Å². The van der Waals surface area contributed by atoms with Crippen LogP contribution in [0.25, 0.3) is 10.2 Å². The van der Waals surface area contributed by atoms with Crippen molar-refractivity contribution in [3.05, 3.63) is 17.7 Å². The van der Waals surface area contributed by atoms with Gasteiger partial charge in [0.1, 0.15) is 5.75 Å². The van der Waals surface area contributed by atoms with E-state index in [9.17, 15) is 4.79 Å². The molecule has 3 aliphatic heterocycles. The summed E-state index contributed by atoms with van der Waals surface area (Å²) in [5.41, 5.74) is 2.15. The van der Waals surface area contributed by atoms with E-state index < -0.39 is 0 Å². The Kier molecular flexibility index (Phi) is 3.54. The normalized spacial score (nSPS) is 27.9. The number of rotatable bonds is 2. The number of benzene rings is 1. The maximum Gasteiger partial charge on any atom is 0.324 e. The van der Waals surface area contributed by atoms with Crippen LogP contribution in [-0.4, -0.2) is 63.6 Å². The fourth-order valence-corrected chi connectivity index (χ4v) is 6.23. The third-order valence-corrected chi connectivity index (χ3v) is 8.22. The molecule has 1 aromatic heterocycles. The number of hydrogen-bond donors (Lipinski definition) is 1. The van der Waals surface area contributed by atoms with Gasteiger partial charge in [0.2, 0.25) is 0 Å². The summed E-state index contributed by atoms with van der Waals surface area (Å²) in [5.74, 6) is 3.66. The molecule has 0 unspecified atom stereocenters. The molecule has 2 saturated heterocycles. The monoisotopic (exact) mass is 384 g/mol. The number of nitrogens with zero attached hydrogens (tertiary/aromatic N) is 3. The molecule has 0 radical (unpaired) electrons. The average molecular weight is 385 g/mol. The van der Waals surface area contributed by atoms with Crippen molar-refractivity contribution in [2.75, 3.05) is 31.1 Å². The van der Waals surface area contributed by atoms with Gasteiger partial charge in [0, 0.05) is 40.5 Å². The zero-order valence-corrected chi connectivity index (χ0v) is 17.4. The lowest BCUT2D eigenvalue weighted by molar-refractivity contribution is 0.197. The number of urea groups is 1. The maximum absolute atomic E-state index is 12.8. The highest BCUT2D eigenvalue weighted by Gasteiger charge is 2.52. The van der Waals surface area contributed by atoms with Gasteiger partial charge < -0.3 is 10.1 Å². The number of anilines is 1. The Balaban J connectivity index is 1.55. The van der Waals surface area contributed by atoms with Crippen molar-refractivity contribution in [3.63, 3.8) is 0 Å². The number of terminal acetylenes is 1. The van der Waals surface area contributed by atoms with Crippen LogP contribution in [0, 0.1) is 12.3 Å². The molecular formula is C18H20N4O2SSi. The van der Waals surface area contributed by atoms with Crippen LogP contribution in [0.2, 0.25) is 0 Å². The zero-order valence-electron chi connectivity index (χ0n) is 14.6. The quantitative estimate of drug-likeness (QED) is 0.606. The number of nitrogens with one attached hydrogen (secondary N) is 1. The minimum Gasteiger partial charge on any atom is -0.493 e. The van der Waals surface area contributed by atoms with E-state index >= 15 is 0 Å². The SMILES string of the molecule is C#CCN1CC[C@]2([SiH3])NC(=O)N(c3nc4c5c(ccc4s3)OCC5)[C@@H]2C1. The van der Waals surface area contributed by atoms with Gasteiger partial charge in [-0.05, 0) is 18.6 Å². The molecule has 5 rings (SSSR count). The van der Waals surface area contributed by atoms with Crippen molar-refractivity contribution in [2.45, 2.75) is 24.0 Å². The predicted octanol–water partition coefficient (Wildman–Crippen LogP) is 0.530. The molecule has 134 valence electrons. The molecule has 0 aliphatic carbocycles. The fourth-order valence-electron chi connectivity index (χ4n) is 4.31. The number of likely N-dealkylation sites (tertiary alicyclic amines) is 1. The minimum absolute atomic E-state index is 0.0282. The highest BCUT2D eigenvalue weighted by Crippen LogP contribution is 2.41. The van der Waals surface area contributed by atoms with Crippen LogP contribution in [-0.2, 0) is 6.42 Å². The molecule has 2 atom stereocenters. The van der Waals surface area contributed by atoms with Gasteiger partial charge in [-0.1, -0.05) is 17.3 Å². The first-order chi connectivity index (χ1) is 12.6. The number of thiazole rings is 1. The fraction of sp³-hybridized carbons (Fsp3) is 0.444. The van der Waals surface area contributed by atoms with Gasteiger partial charge in [-0.25, -0.2) is 9.78 Å².